The summed E-state index contributed by atoms with van der Waals surface area (Å²) in [6, 6.07) is 6.60. The second-order valence-corrected chi connectivity index (χ2v) is 11.1. The first-order chi connectivity index (χ1) is 20.3. The summed E-state index contributed by atoms with van der Waals surface area (Å²) in [7, 11) is 0. The van der Waals surface area contributed by atoms with Crippen molar-refractivity contribution in [2.24, 2.45) is 0 Å². The molecule has 1 aromatic carbocycles. The van der Waals surface area contributed by atoms with Crippen LogP contribution in [-0.4, -0.2) is 73.0 Å². The summed E-state index contributed by atoms with van der Waals surface area (Å²) >= 11 is 0. The van der Waals surface area contributed by atoms with Gasteiger partial charge in [0.1, 0.15) is 11.5 Å². The second-order valence-electron chi connectivity index (χ2n) is 11.1. The van der Waals surface area contributed by atoms with Crippen molar-refractivity contribution >= 4 is 39.5 Å². The molecule has 2 aliphatic heterocycles. The van der Waals surface area contributed by atoms with Gasteiger partial charge >= 0.3 is 23.8 Å². The molecule has 0 atom stereocenters. The van der Waals surface area contributed by atoms with Crippen molar-refractivity contribution in [2.45, 2.75) is 43.7 Å². The third-order valence-electron chi connectivity index (χ3n) is 8.41. The number of aromatic nitrogens is 3. The maximum absolute atomic E-state index is 15.0. The van der Waals surface area contributed by atoms with Crippen LogP contribution in [0.4, 0.5) is 35.5 Å². The number of ketones is 1. The molecule has 3 aromatic heterocycles. The Bertz CT molecular complexity index is 1860. The number of rotatable bonds is 2. The quantitative estimate of drug-likeness (QED) is 0.269. The van der Waals surface area contributed by atoms with Crippen molar-refractivity contribution < 1.29 is 40.3 Å². The largest absolute Gasteiger partial charge is 0.375 e. The van der Waals surface area contributed by atoms with Gasteiger partial charge in [0.15, 0.2) is 5.78 Å². The summed E-state index contributed by atoms with van der Waals surface area (Å²) in [4.78, 5) is 31.7. The van der Waals surface area contributed by atoms with Gasteiger partial charge in [0.2, 0.25) is 0 Å². The molecule has 43 heavy (non-hydrogen) atoms. The van der Waals surface area contributed by atoms with Gasteiger partial charge in [0, 0.05) is 55.0 Å². The van der Waals surface area contributed by atoms with E-state index in [1.165, 1.54) is 6.07 Å². The van der Waals surface area contributed by atoms with Gasteiger partial charge in [0.25, 0.3) is 0 Å². The summed E-state index contributed by atoms with van der Waals surface area (Å²) in [5.74, 6) is -16.7. The predicted octanol–water partition coefficient (Wildman–Crippen LogP) is 5.86. The topological polar surface area (TPSA) is 62.9 Å². The van der Waals surface area contributed by atoms with Crippen molar-refractivity contribution in [3.8, 4) is 0 Å². The van der Waals surface area contributed by atoms with Crippen LogP contribution in [0.15, 0.2) is 48.9 Å². The number of hydrogen-bond donors (Lipinski definition) is 0. The molecule has 0 bridgehead atoms. The van der Waals surface area contributed by atoms with Crippen molar-refractivity contribution in [3.63, 3.8) is 0 Å². The summed E-state index contributed by atoms with van der Waals surface area (Å²) < 4.78 is 102. The molecule has 0 radical (unpaired) electrons. The van der Waals surface area contributed by atoms with Crippen LogP contribution < -0.4 is 0 Å². The Labute approximate surface area is 238 Å². The Kier molecular flexibility index (Phi) is 5.79. The third kappa shape index (κ3) is 3.98. The fourth-order valence-corrected chi connectivity index (χ4v) is 6.38. The zero-order valence-corrected chi connectivity index (χ0v) is 22.3. The molecule has 3 aliphatic rings. The fourth-order valence-electron chi connectivity index (χ4n) is 6.38. The number of urea groups is 1. The number of piperidine rings is 1. The van der Waals surface area contributed by atoms with Gasteiger partial charge in [-0.05, 0) is 41.8 Å². The van der Waals surface area contributed by atoms with Crippen LogP contribution in [0.1, 0.15) is 29.7 Å². The highest BCUT2D eigenvalue weighted by atomic mass is 19.3. The molecule has 0 spiro atoms. The molecule has 4 aromatic rings. The van der Waals surface area contributed by atoms with Gasteiger partial charge in [0.05, 0.1) is 30.5 Å². The van der Waals surface area contributed by atoms with Crippen LogP contribution in [0.25, 0.3) is 27.7 Å². The zero-order chi connectivity index (χ0) is 30.5. The monoisotopic (exact) mass is 605 g/mol. The number of nitrogens with zero attached hydrogens (tertiary/aromatic N) is 5. The number of carbonyl (C=O) groups is 2. The number of fused-ring (bicyclic) bond motifs is 1. The summed E-state index contributed by atoms with van der Waals surface area (Å²) in [6.07, 6.45) is 5.75. The van der Waals surface area contributed by atoms with E-state index in [1.807, 2.05) is 12.1 Å². The van der Waals surface area contributed by atoms with E-state index in [0.29, 0.717) is 45.4 Å². The molecular weight excluding hydrogens is 583 g/mol. The molecule has 0 N–H and O–H groups in total. The number of hydrogen-bond acceptors (Lipinski definition) is 3. The van der Waals surface area contributed by atoms with Gasteiger partial charge in [-0.15, -0.1) is 0 Å². The summed E-state index contributed by atoms with van der Waals surface area (Å²) in [5.41, 5.74) is 3.80. The number of Topliss-reactive ketones (excluding diaryl/α,β-unsaturated/α-hetero) is 1. The lowest BCUT2D eigenvalue weighted by molar-refractivity contribution is -0.333. The number of halogens is 7. The number of pyridine rings is 1. The van der Waals surface area contributed by atoms with E-state index in [-0.39, 0.29) is 42.3 Å². The van der Waals surface area contributed by atoms with Crippen LogP contribution >= 0.6 is 0 Å². The van der Waals surface area contributed by atoms with Crippen LogP contribution in [0, 0.1) is 5.82 Å². The van der Waals surface area contributed by atoms with E-state index in [0.717, 1.165) is 11.0 Å². The minimum Gasteiger partial charge on any atom is -0.345 e. The predicted molar refractivity (Wildman–Crippen MR) is 140 cm³/mol. The fraction of sp³-hybridized carbons (Fsp3) is 0.345. The van der Waals surface area contributed by atoms with E-state index in [2.05, 4.69) is 4.98 Å². The Morgan fingerprint density at radius 2 is 1.67 bits per heavy atom. The molecule has 0 saturated carbocycles. The number of alkyl halides is 6. The average Bonchev–Trinajstić information content (AvgIpc) is 3.59. The normalized spacial score (nSPS) is 21.2. The Morgan fingerprint density at radius 1 is 0.930 bits per heavy atom. The van der Waals surface area contributed by atoms with Crippen LogP contribution in [-0.2, 0) is 17.9 Å². The first kappa shape index (κ1) is 27.5. The van der Waals surface area contributed by atoms with Crippen molar-refractivity contribution in [1.29, 1.82) is 0 Å². The van der Waals surface area contributed by atoms with Gasteiger partial charge in [-0.2, -0.15) is 26.3 Å². The van der Waals surface area contributed by atoms with E-state index < -0.39 is 42.7 Å². The Morgan fingerprint density at radius 3 is 2.42 bits per heavy atom. The van der Waals surface area contributed by atoms with Crippen molar-refractivity contribution in [3.05, 3.63) is 71.6 Å². The van der Waals surface area contributed by atoms with Crippen molar-refractivity contribution in [2.75, 3.05) is 19.6 Å². The standard InChI is InChI=1S/C29H22F7N5O2/c30-17-9-16-12-39(26(43)40-14-27(31,32)29(35,36)28(33,34)15-40)8-7-38-13-20(19(10-17)25(16)38)18-4-5-22(42)24(18)21-11-37-23-3-1-2-6-41(21)23/h1-3,6,9-11,13H,4-5,7-8,12,14-15H2. The molecule has 1 saturated heterocycles. The summed E-state index contributed by atoms with van der Waals surface area (Å²) in [6.45, 7) is -4.18. The van der Waals surface area contributed by atoms with E-state index in [9.17, 15) is 35.9 Å². The molecule has 224 valence electrons. The first-order valence-corrected chi connectivity index (χ1v) is 13.5. The molecule has 7 rings (SSSR count). The van der Waals surface area contributed by atoms with E-state index >= 15 is 4.39 Å². The average molecular weight is 606 g/mol. The highest BCUT2D eigenvalue weighted by Crippen LogP contribution is 2.50. The molecule has 7 nitrogen and oxygen atoms in total. The van der Waals surface area contributed by atoms with Crippen molar-refractivity contribution in [1.82, 2.24) is 23.8 Å². The molecule has 1 fully saturated rings. The molecule has 2 amide bonds. The smallest absolute Gasteiger partial charge is 0.345 e. The van der Waals surface area contributed by atoms with Gasteiger partial charge in [-0.1, -0.05) is 6.07 Å². The number of imidazole rings is 1. The lowest BCUT2D eigenvalue weighted by atomic mass is 9.98. The second kappa shape index (κ2) is 9.07. The number of allylic oxidation sites excluding steroid dienone is 2. The van der Waals surface area contributed by atoms with Gasteiger partial charge < -0.3 is 14.4 Å². The number of amides is 2. The van der Waals surface area contributed by atoms with E-state index in [1.54, 1.807) is 33.6 Å². The highest BCUT2D eigenvalue weighted by Gasteiger charge is 2.75. The number of benzene rings is 1. The molecule has 0 unspecified atom stereocenters. The lowest BCUT2D eigenvalue weighted by Crippen LogP contribution is -2.69. The minimum absolute atomic E-state index is 0.0249. The molecule has 14 heteroatoms. The third-order valence-corrected chi connectivity index (χ3v) is 8.41. The highest BCUT2D eigenvalue weighted by molar-refractivity contribution is 6.31. The number of carbonyl (C=O) groups excluding carboxylic acids is 2. The molecular formula is C29H22F7N5O2. The number of likely N-dealkylation sites (tertiary alicyclic amines) is 1. The zero-order valence-electron chi connectivity index (χ0n) is 22.3. The van der Waals surface area contributed by atoms with Crippen LogP contribution in [0.2, 0.25) is 0 Å². The lowest BCUT2D eigenvalue weighted by Gasteiger charge is -2.43. The minimum atomic E-state index is -5.61. The van der Waals surface area contributed by atoms with Crippen LogP contribution in [0.3, 0.4) is 0 Å². The maximum Gasteiger partial charge on any atom is 0.375 e. The maximum atomic E-state index is 15.0. The van der Waals surface area contributed by atoms with Gasteiger partial charge in [-0.3, -0.25) is 9.20 Å². The SMILES string of the molecule is O=C1CCC(c2cn3c4c(cc(F)cc24)CN(C(=O)N2CC(F)(F)C(F)(F)C(F)(F)C2)CC3)=C1c1cnc2ccccn12. The first-order valence-electron chi connectivity index (χ1n) is 13.5. The van der Waals surface area contributed by atoms with Gasteiger partial charge in [-0.25, -0.2) is 14.2 Å². The molecule has 1 aliphatic carbocycles. The van der Waals surface area contributed by atoms with E-state index in [4.69, 9.17) is 0 Å². The summed E-state index contributed by atoms with van der Waals surface area (Å²) in [5, 5.41) is 0.455. The molecule has 5 heterocycles. The Balaban J connectivity index is 1.28. The van der Waals surface area contributed by atoms with Crippen LogP contribution in [0.5, 0.6) is 0 Å². The Hall–Kier alpha value is -4.36.